The standard InChI is InChI=1S/C14H16N4/c1-8(2)9(3)14-12-5-13(16)17-7-10(12)4-11(6-15)18-14/h4-5,7-9H,1-3H3,(H2,16,17). The van der Waals surface area contributed by atoms with E-state index in [4.69, 9.17) is 11.0 Å². The number of aromatic nitrogens is 2. The Balaban J connectivity index is 2.76. The molecule has 1 atom stereocenters. The van der Waals surface area contributed by atoms with E-state index in [-0.39, 0.29) is 5.92 Å². The van der Waals surface area contributed by atoms with Crippen molar-refractivity contribution < 1.29 is 0 Å². The minimum absolute atomic E-state index is 0.266. The number of nitriles is 1. The Morgan fingerprint density at radius 1 is 1.28 bits per heavy atom. The van der Waals surface area contributed by atoms with E-state index in [0.717, 1.165) is 16.5 Å². The second-order valence-corrected chi connectivity index (χ2v) is 4.87. The van der Waals surface area contributed by atoms with Gasteiger partial charge in [-0.3, -0.25) is 0 Å². The molecule has 0 saturated carbocycles. The minimum Gasteiger partial charge on any atom is -0.384 e. The molecule has 0 aliphatic carbocycles. The van der Waals surface area contributed by atoms with Crippen LogP contribution in [0.1, 0.15) is 38.1 Å². The second-order valence-electron chi connectivity index (χ2n) is 4.87. The molecule has 0 radical (unpaired) electrons. The van der Waals surface area contributed by atoms with E-state index < -0.39 is 0 Å². The molecule has 0 bridgehead atoms. The molecule has 92 valence electrons. The van der Waals surface area contributed by atoms with E-state index in [1.165, 1.54) is 0 Å². The molecule has 2 N–H and O–H groups in total. The van der Waals surface area contributed by atoms with Crippen LogP contribution in [0.4, 0.5) is 5.82 Å². The van der Waals surface area contributed by atoms with Gasteiger partial charge in [0.25, 0.3) is 0 Å². The lowest BCUT2D eigenvalue weighted by Gasteiger charge is -2.17. The van der Waals surface area contributed by atoms with Crippen molar-refractivity contribution in [1.82, 2.24) is 9.97 Å². The first kappa shape index (κ1) is 12.3. The molecule has 2 aromatic heterocycles. The molecule has 0 spiro atoms. The molecule has 0 aliphatic rings. The maximum absolute atomic E-state index is 9.04. The molecule has 2 aromatic rings. The van der Waals surface area contributed by atoms with Gasteiger partial charge < -0.3 is 5.73 Å². The largest absolute Gasteiger partial charge is 0.384 e. The van der Waals surface area contributed by atoms with Crippen LogP contribution < -0.4 is 5.73 Å². The maximum atomic E-state index is 9.04. The summed E-state index contributed by atoms with van der Waals surface area (Å²) in [5.41, 5.74) is 7.09. The molecule has 18 heavy (non-hydrogen) atoms. The second kappa shape index (κ2) is 4.61. The molecule has 0 amide bonds. The summed E-state index contributed by atoms with van der Waals surface area (Å²) < 4.78 is 0. The fourth-order valence-electron chi connectivity index (χ4n) is 1.91. The molecule has 2 heterocycles. The van der Waals surface area contributed by atoms with Gasteiger partial charge in [0.2, 0.25) is 0 Å². The van der Waals surface area contributed by atoms with Crippen LogP contribution >= 0.6 is 0 Å². The highest BCUT2D eigenvalue weighted by atomic mass is 14.8. The average Bonchev–Trinajstić information content (AvgIpc) is 2.36. The number of anilines is 1. The summed E-state index contributed by atoms with van der Waals surface area (Å²) in [5, 5.41) is 10.9. The van der Waals surface area contributed by atoms with Crippen LogP contribution in [0.25, 0.3) is 10.8 Å². The monoisotopic (exact) mass is 240 g/mol. The lowest BCUT2D eigenvalue weighted by atomic mass is 9.91. The summed E-state index contributed by atoms with van der Waals surface area (Å²) in [7, 11) is 0. The fraction of sp³-hybridized carbons (Fsp3) is 0.357. The summed E-state index contributed by atoms with van der Waals surface area (Å²) >= 11 is 0. The van der Waals surface area contributed by atoms with Crippen molar-refractivity contribution in [2.75, 3.05) is 5.73 Å². The fourth-order valence-corrected chi connectivity index (χ4v) is 1.91. The van der Waals surface area contributed by atoms with E-state index in [1.807, 2.05) is 6.07 Å². The van der Waals surface area contributed by atoms with Crippen LogP contribution in [0.5, 0.6) is 0 Å². The van der Waals surface area contributed by atoms with E-state index >= 15 is 0 Å². The highest BCUT2D eigenvalue weighted by molar-refractivity contribution is 5.86. The molecule has 0 saturated heterocycles. The quantitative estimate of drug-likeness (QED) is 0.875. The summed E-state index contributed by atoms with van der Waals surface area (Å²) in [6, 6.07) is 5.68. The summed E-state index contributed by atoms with van der Waals surface area (Å²) in [4.78, 5) is 8.51. The molecule has 0 aliphatic heterocycles. The molecule has 4 nitrogen and oxygen atoms in total. The van der Waals surface area contributed by atoms with E-state index in [0.29, 0.717) is 17.4 Å². The van der Waals surface area contributed by atoms with Crippen LogP contribution in [-0.4, -0.2) is 9.97 Å². The van der Waals surface area contributed by atoms with Crippen LogP contribution in [0.2, 0.25) is 0 Å². The molecule has 4 heteroatoms. The van der Waals surface area contributed by atoms with Gasteiger partial charge in [-0.25, -0.2) is 9.97 Å². The van der Waals surface area contributed by atoms with Crippen molar-refractivity contribution in [3.05, 3.63) is 29.7 Å². The van der Waals surface area contributed by atoms with Crippen LogP contribution in [0.15, 0.2) is 18.3 Å². The van der Waals surface area contributed by atoms with E-state index in [2.05, 4.69) is 36.8 Å². The smallest absolute Gasteiger partial charge is 0.141 e. The van der Waals surface area contributed by atoms with Crippen molar-refractivity contribution in [2.45, 2.75) is 26.7 Å². The Morgan fingerprint density at radius 2 is 2.00 bits per heavy atom. The van der Waals surface area contributed by atoms with Crippen molar-refractivity contribution in [3.63, 3.8) is 0 Å². The average molecular weight is 240 g/mol. The zero-order chi connectivity index (χ0) is 13.3. The van der Waals surface area contributed by atoms with Gasteiger partial charge in [0.05, 0.1) is 5.69 Å². The third-order valence-corrected chi connectivity index (χ3v) is 3.31. The Morgan fingerprint density at radius 3 is 2.61 bits per heavy atom. The Bertz CT molecular complexity index is 625. The molecular weight excluding hydrogens is 224 g/mol. The first-order valence-corrected chi connectivity index (χ1v) is 5.99. The van der Waals surface area contributed by atoms with Crippen molar-refractivity contribution in [3.8, 4) is 6.07 Å². The third-order valence-electron chi connectivity index (χ3n) is 3.31. The zero-order valence-corrected chi connectivity index (χ0v) is 10.8. The molecule has 0 aromatic carbocycles. The van der Waals surface area contributed by atoms with Crippen molar-refractivity contribution >= 4 is 16.6 Å². The highest BCUT2D eigenvalue weighted by Gasteiger charge is 2.16. The van der Waals surface area contributed by atoms with Gasteiger partial charge in [0, 0.05) is 22.9 Å². The minimum atomic E-state index is 0.266. The number of hydrogen-bond acceptors (Lipinski definition) is 4. The number of hydrogen-bond donors (Lipinski definition) is 1. The molecule has 0 fully saturated rings. The lowest BCUT2D eigenvalue weighted by Crippen LogP contribution is -2.07. The molecule has 2 rings (SSSR count). The number of fused-ring (bicyclic) bond motifs is 1. The Hall–Kier alpha value is -2.15. The number of nitrogens with two attached hydrogens (primary N) is 1. The van der Waals surface area contributed by atoms with Gasteiger partial charge in [-0.1, -0.05) is 20.8 Å². The van der Waals surface area contributed by atoms with Crippen molar-refractivity contribution in [2.24, 2.45) is 5.92 Å². The highest BCUT2D eigenvalue weighted by Crippen LogP contribution is 2.29. The first-order valence-electron chi connectivity index (χ1n) is 5.99. The van der Waals surface area contributed by atoms with Gasteiger partial charge in [-0.15, -0.1) is 0 Å². The van der Waals surface area contributed by atoms with Crippen LogP contribution in [0.3, 0.4) is 0 Å². The predicted molar refractivity (Wildman–Crippen MR) is 71.9 cm³/mol. The zero-order valence-electron chi connectivity index (χ0n) is 10.8. The van der Waals surface area contributed by atoms with Gasteiger partial charge in [0.1, 0.15) is 17.6 Å². The number of nitrogen functional groups attached to an aromatic ring is 1. The molecule has 1 unspecified atom stereocenters. The predicted octanol–water partition coefficient (Wildman–Crippen LogP) is 2.84. The number of pyridine rings is 2. The van der Waals surface area contributed by atoms with Crippen molar-refractivity contribution in [1.29, 1.82) is 5.26 Å². The Labute approximate surface area is 106 Å². The third kappa shape index (κ3) is 2.12. The van der Waals surface area contributed by atoms with Gasteiger partial charge in [0.15, 0.2) is 0 Å². The molecular formula is C14H16N4. The van der Waals surface area contributed by atoms with Gasteiger partial charge in [-0.2, -0.15) is 5.26 Å². The van der Waals surface area contributed by atoms with E-state index in [9.17, 15) is 0 Å². The summed E-state index contributed by atoms with van der Waals surface area (Å²) in [6.45, 7) is 6.40. The maximum Gasteiger partial charge on any atom is 0.141 e. The first-order chi connectivity index (χ1) is 8.52. The van der Waals surface area contributed by atoms with Crippen LogP contribution in [0, 0.1) is 17.2 Å². The normalized spacial score (nSPS) is 12.6. The van der Waals surface area contributed by atoms with E-state index in [1.54, 1.807) is 12.3 Å². The Kier molecular flexibility index (Phi) is 3.15. The van der Waals surface area contributed by atoms with Gasteiger partial charge in [-0.05, 0) is 18.1 Å². The summed E-state index contributed by atoms with van der Waals surface area (Å²) in [6.07, 6.45) is 1.70. The number of nitrogens with zero attached hydrogens (tertiary/aromatic N) is 3. The lowest BCUT2D eigenvalue weighted by molar-refractivity contribution is 0.527. The number of rotatable bonds is 2. The van der Waals surface area contributed by atoms with Gasteiger partial charge >= 0.3 is 0 Å². The van der Waals surface area contributed by atoms with Crippen LogP contribution in [-0.2, 0) is 0 Å². The summed E-state index contributed by atoms with van der Waals surface area (Å²) in [5.74, 6) is 1.19. The SMILES string of the molecule is CC(C)C(C)c1nc(C#N)cc2cnc(N)cc12. The topological polar surface area (TPSA) is 75.6 Å².